The summed E-state index contributed by atoms with van der Waals surface area (Å²) < 4.78 is 6.31. The molecule has 4 atom stereocenters. The zero-order chi connectivity index (χ0) is 23.1. The van der Waals surface area contributed by atoms with Crippen molar-refractivity contribution in [1.82, 2.24) is 10.2 Å². The van der Waals surface area contributed by atoms with Crippen molar-refractivity contribution in [2.45, 2.75) is 68.0 Å². The summed E-state index contributed by atoms with van der Waals surface area (Å²) in [5, 5.41) is 14.2. The van der Waals surface area contributed by atoms with Crippen LogP contribution in [-0.4, -0.2) is 52.5 Å². The minimum atomic E-state index is -0.647. The van der Waals surface area contributed by atoms with Crippen LogP contribution in [0.3, 0.4) is 0 Å². The number of hydrogen-bond donors (Lipinski definition) is 2. The van der Waals surface area contributed by atoms with E-state index in [2.05, 4.69) is 10.2 Å². The first-order chi connectivity index (χ1) is 16.5. The lowest BCUT2D eigenvalue weighted by atomic mass is 9.47. The number of piperidine rings is 1. The number of benzene rings is 2. The van der Waals surface area contributed by atoms with Gasteiger partial charge >= 0.3 is 0 Å². The molecule has 0 aromatic heterocycles. The number of carbonyl (C=O) groups is 2. The summed E-state index contributed by atoms with van der Waals surface area (Å²) in [6, 6.07) is 13.7. The van der Waals surface area contributed by atoms with E-state index in [-0.39, 0.29) is 23.5 Å². The summed E-state index contributed by atoms with van der Waals surface area (Å²) >= 11 is 0. The Hall–Kier alpha value is -2.86. The molecule has 5 aliphatic rings. The topological polar surface area (TPSA) is 78.9 Å². The standard InChI is InChI=1S/C28H30N2O4/c31-20-9-8-19-15-22-28(29-23(33)14-17-4-2-1-3-5-17)11-10-21(32)26-27(28,24(19)25(20)34-26)12-13-30(22)16-18-6-7-18/h1-5,8-9,18,22,26,31H,6-7,10-16H2,(H,29,33)/t22-,26+,27+,28?/m1/s1. The van der Waals surface area contributed by atoms with Gasteiger partial charge in [-0.05, 0) is 61.8 Å². The van der Waals surface area contributed by atoms with Crippen LogP contribution < -0.4 is 10.1 Å². The highest BCUT2D eigenvalue weighted by Gasteiger charge is 2.73. The maximum atomic E-state index is 13.6. The van der Waals surface area contributed by atoms with Gasteiger partial charge in [0.25, 0.3) is 0 Å². The molecule has 0 radical (unpaired) electrons. The third-order valence-electron chi connectivity index (χ3n) is 9.18. The maximum absolute atomic E-state index is 13.6. The molecule has 2 aromatic carbocycles. The number of nitrogens with one attached hydrogen (secondary N) is 1. The van der Waals surface area contributed by atoms with Crippen molar-refractivity contribution >= 4 is 11.7 Å². The predicted molar refractivity (Wildman–Crippen MR) is 126 cm³/mol. The summed E-state index contributed by atoms with van der Waals surface area (Å²) in [5.74, 6) is 1.38. The van der Waals surface area contributed by atoms with Crippen LogP contribution in [-0.2, 0) is 27.8 Å². The molecule has 2 heterocycles. The minimum absolute atomic E-state index is 0.00556. The number of likely N-dealkylation sites (tertiary alicyclic amines) is 1. The van der Waals surface area contributed by atoms with E-state index in [0.717, 1.165) is 48.5 Å². The minimum Gasteiger partial charge on any atom is -0.504 e. The number of carbonyl (C=O) groups excluding carboxylic acids is 2. The number of Topliss-reactive ketones (excluding diaryl/α,β-unsaturated/α-hetero) is 1. The number of phenols is 1. The molecule has 2 N–H and O–H groups in total. The molecule has 3 aliphatic carbocycles. The molecule has 1 unspecified atom stereocenters. The molecule has 1 saturated heterocycles. The van der Waals surface area contributed by atoms with Gasteiger partial charge in [-0.2, -0.15) is 0 Å². The first-order valence-corrected chi connectivity index (χ1v) is 12.7. The van der Waals surface area contributed by atoms with Gasteiger partial charge in [-0.1, -0.05) is 36.4 Å². The van der Waals surface area contributed by atoms with Gasteiger partial charge in [-0.15, -0.1) is 0 Å². The van der Waals surface area contributed by atoms with E-state index >= 15 is 0 Å². The Morgan fingerprint density at radius 3 is 2.76 bits per heavy atom. The third kappa shape index (κ3) is 2.66. The molecular formula is C28H30N2O4. The van der Waals surface area contributed by atoms with Gasteiger partial charge in [-0.3, -0.25) is 14.5 Å². The van der Waals surface area contributed by atoms with Gasteiger partial charge in [0.2, 0.25) is 5.91 Å². The molecule has 2 aliphatic heterocycles. The van der Waals surface area contributed by atoms with Crippen molar-refractivity contribution in [2.75, 3.05) is 13.1 Å². The van der Waals surface area contributed by atoms with Crippen molar-refractivity contribution in [2.24, 2.45) is 5.92 Å². The highest BCUT2D eigenvalue weighted by Crippen LogP contribution is 2.65. The molecule has 2 bridgehead atoms. The van der Waals surface area contributed by atoms with Gasteiger partial charge in [0.15, 0.2) is 23.4 Å². The summed E-state index contributed by atoms with van der Waals surface area (Å²) in [6.07, 6.45) is 4.78. The Bertz CT molecular complexity index is 1190. The number of rotatable bonds is 5. The zero-order valence-corrected chi connectivity index (χ0v) is 19.3. The second kappa shape index (κ2) is 7.08. The van der Waals surface area contributed by atoms with Gasteiger partial charge < -0.3 is 15.2 Å². The highest BCUT2D eigenvalue weighted by molar-refractivity contribution is 5.91. The molecule has 176 valence electrons. The molecular weight excluding hydrogens is 428 g/mol. The number of hydrogen-bond acceptors (Lipinski definition) is 5. The number of ether oxygens (including phenoxy) is 1. The summed E-state index contributed by atoms with van der Waals surface area (Å²) in [6.45, 7) is 1.94. The molecule has 34 heavy (non-hydrogen) atoms. The third-order valence-corrected chi connectivity index (χ3v) is 9.18. The second-order valence-corrected chi connectivity index (χ2v) is 11.0. The van der Waals surface area contributed by atoms with E-state index in [9.17, 15) is 14.7 Å². The first kappa shape index (κ1) is 20.5. The van der Waals surface area contributed by atoms with Crippen molar-refractivity contribution in [3.63, 3.8) is 0 Å². The molecule has 1 spiro atoms. The van der Waals surface area contributed by atoms with Crippen LogP contribution in [0.1, 0.15) is 48.8 Å². The number of nitrogens with zero attached hydrogens (tertiary/aromatic N) is 1. The van der Waals surface area contributed by atoms with Crippen molar-refractivity contribution in [3.05, 3.63) is 59.2 Å². The number of phenolic OH excluding ortho intramolecular Hbond substituents is 1. The Labute approximate surface area is 199 Å². The highest BCUT2D eigenvalue weighted by atomic mass is 16.5. The van der Waals surface area contributed by atoms with Crippen LogP contribution in [0.5, 0.6) is 11.5 Å². The average molecular weight is 459 g/mol. The van der Waals surface area contributed by atoms with Crippen LogP contribution in [0.15, 0.2) is 42.5 Å². The molecule has 2 saturated carbocycles. The molecule has 2 aromatic rings. The van der Waals surface area contributed by atoms with Crippen LogP contribution in [0.4, 0.5) is 0 Å². The van der Waals surface area contributed by atoms with Crippen LogP contribution in [0, 0.1) is 5.92 Å². The fourth-order valence-electron chi connectivity index (χ4n) is 7.64. The monoisotopic (exact) mass is 458 g/mol. The summed E-state index contributed by atoms with van der Waals surface area (Å²) in [5.41, 5.74) is 1.91. The molecule has 6 nitrogen and oxygen atoms in total. The number of aromatic hydroxyl groups is 1. The second-order valence-electron chi connectivity index (χ2n) is 11.0. The lowest BCUT2D eigenvalue weighted by Gasteiger charge is -2.65. The van der Waals surface area contributed by atoms with Crippen LogP contribution >= 0.6 is 0 Å². The van der Waals surface area contributed by atoms with Crippen LogP contribution in [0.25, 0.3) is 0 Å². The van der Waals surface area contributed by atoms with E-state index in [1.807, 2.05) is 36.4 Å². The zero-order valence-electron chi connectivity index (χ0n) is 19.3. The summed E-state index contributed by atoms with van der Waals surface area (Å²) in [7, 11) is 0. The van der Waals surface area contributed by atoms with Crippen LogP contribution in [0.2, 0.25) is 0 Å². The van der Waals surface area contributed by atoms with E-state index in [1.54, 1.807) is 6.07 Å². The molecule has 1 amide bonds. The van der Waals surface area contributed by atoms with Gasteiger partial charge in [0, 0.05) is 24.6 Å². The molecule has 3 fully saturated rings. The van der Waals surface area contributed by atoms with E-state index in [0.29, 0.717) is 25.0 Å². The van der Waals surface area contributed by atoms with Gasteiger partial charge in [-0.25, -0.2) is 0 Å². The van der Waals surface area contributed by atoms with Gasteiger partial charge in [0.05, 0.1) is 17.4 Å². The lowest BCUT2D eigenvalue weighted by Crippen LogP contribution is -2.82. The SMILES string of the molecule is O=C(Cc1ccccc1)NC12CCC(=O)[C@@H]3Oc4c(O)ccc5c4[C@@]31CCN(CC1CC1)[C@@H]2C5. The first-order valence-electron chi connectivity index (χ1n) is 12.7. The predicted octanol–water partition coefficient (Wildman–Crippen LogP) is 2.89. The fraction of sp³-hybridized carbons (Fsp3) is 0.500. The van der Waals surface area contributed by atoms with E-state index in [1.165, 1.54) is 12.8 Å². The molecule has 7 rings (SSSR count). The number of ketones is 1. The number of amides is 1. The largest absolute Gasteiger partial charge is 0.504 e. The Morgan fingerprint density at radius 2 is 1.97 bits per heavy atom. The Morgan fingerprint density at radius 1 is 1.15 bits per heavy atom. The average Bonchev–Trinajstić information content (AvgIpc) is 3.57. The Kier molecular flexibility index (Phi) is 4.27. The summed E-state index contributed by atoms with van der Waals surface area (Å²) in [4.78, 5) is 29.5. The lowest BCUT2D eigenvalue weighted by molar-refractivity contribution is -0.150. The smallest absolute Gasteiger partial charge is 0.224 e. The normalized spacial score (nSPS) is 33.2. The maximum Gasteiger partial charge on any atom is 0.224 e. The van der Waals surface area contributed by atoms with Crippen molar-refractivity contribution < 1.29 is 19.4 Å². The van der Waals surface area contributed by atoms with Gasteiger partial charge in [0.1, 0.15) is 0 Å². The van der Waals surface area contributed by atoms with Crippen molar-refractivity contribution in [1.29, 1.82) is 0 Å². The van der Waals surface area contributed by atoms with E-state index < -0.39 is 17.1 Å². The fourth-order valence-corrected chi connectivity index (χ4v) is 7.64. The quantitative estimate of drug-likeness (QED) is 0.721. The Balaban J connectivity index is 1.37. The van der Waals surface area contributed by atoms with E-state index in [4.69, 9.17) is 4.74 Å². The van der Waals surface area contributed by atoms with Crippen molar-refractivity contribution in [3.8, 4) is 11.5 Å². The molecule has 6 heteroatoms.